The van der Waals surface area contributed by atoms with E-state index >= 15 is 0 Å². The quantitative estimate of drug-likeness (QED) is 0.599. The van der Waals surface area contributed by atoms with Crippen molar-refractivity contribution in [3.63, 3.8) is 0 Å². The Morgan fingerprint density at radius 1 is 1.09 bits per heavy atom. The lowest BCUT2D eigenvalue weighted by molar-refractivity contribution is 1.07. The van der Waals surface area contributed by atoms with E-state index in [0.29, 0.717) is 5.95 Å². The fourth-order valence-electron chi connectivity index (χ4n) is 0.521. The largest absolute Gasteiger partial charge is 0.368 e. The standard InChI is InChI=1S/C4H8N6.BrH/c1-7-4-9-2(5)8-3(6)10-4;/h1H3,(H5,5,6,7,8,9,10);1H. The summed E-state index contributed by atoms with van der Waals surface area (Å²) >= 11 is 0. The van der Waals surface area contributed by atoms with E-state index in [-0.39, 0.29) is 28.9 Å². The van der Waals surface area contributed by atoms with Crippen LogP contribution in [0, 0.1) is 0 Å². The van der Waals surface area contributed by atoms with Crippen LogP contribution in [0.2, 0.25) is 0 Å². The summed E-state index contributed by atoms with van der Waals surface area (Å²) in [6.45, 7) is 0. The van der Waals surface area contributed by atoms with Gasteiger partial charge in [0.2, 0.25) is 17.8 Å². The summed E-state index contributed by atoms with van der Waals surface area (Å²) in [5.74, 6) is 0.624. The minimum Gasteiger partial charge on any atom is -0.368 e. The average Bonchev–Trinajstić information content (AvgIpc) is 1.85. The van der Waals surface area contributed by atoms with E-state index in [1.54, 1.807) is 7.05 Å². The summed E-state index contributed by atoms with van der Waals surface area (Å²) < 4.78 is 0. The van der Waals surface area contributed by atoms with Crippen molar-refractivity contribution in [2.24, 2.45) is 0 Å². The minimum atomic E-state index is 0. The van der Waals surface area contributed by atoms with E-state index in [1.165, 1.54) is 0 Å². The molecule has 1 aromatic heterocycles. The Hall–Kier alpha value is -1.11. The van der Waals surface area contributed by atoms with E-state index in [2.05, 4.69) is 20.3 Å². The highest BCUT2D eigenvalue weighted by molar-refractivity contribution is 8.93. The van der Waals surface area contributed by atoms with Crippen LogP contribution in [0.1, 0.15) is 0 Å². The van der Waals surface area contributed by atoms with Gasteiger partial charge in [-0.3, -0.25) is 0 Å². The lowest BCUT2D eigenvalue weighted by atomic mass is 10.8. The number of nitrogens with two attached hydrogens (primary N) is 2. The normalized spacial score (nSPS) is 8.45. The lowest BCUT2D eigenvalue weighted by Gasteiger charge is -1.98. The van der Waals surface area contributed by atoms with Gasteiger partial charge in [0.05, 0.1) is 0 Å². The van der Waals surface area contributed by atoms with E-state index in [0.717, 1.165) is 0 Å². The molecule has 11 heavy (non-hydrogen) atoms. The molecule has 0 saturated heterocycles. The van der Waals surface area contributed by atoms with E-state index in [1.807, 2.05) is 0 Å². The Labute approximate surface area is 74.2 Å². The van der Waals surface area contributed by atoms with Gasteiger partial charge in [0.1, 0.15) is 0 Å². The highest BCUT2D eigenvalue weighted by Crippen LogP contribution is 2.00. The Kier molecular flexibility index (Phi) is 3.52. The topological polar surface area (TPSA) is 103 Å². The van der Waals surface area contributed by atoms with Gasteiger partial charge in [0.15, 0.2) is 0 Å². The smallest absolute Gasteiger partial charge is 0.229 e. The predicted molar refractivity (Wildman–Crippen MR) is 48.5 cm³/mol. The van der Waals surface area contributed by atoms with Crippen LogP contribution in [-0.4, -0.2) is 22.0 Å². The van der Waals surface area contributed by atoms with Gasteiger partial charge in [-0.1, -0.05) is 0 Å². The van der Waals surface area contributed by atoms with Gasteiger partial charge in [-0.25, -0.2) is 0 Å². The summed E-state index contributed by atoms with van der Waals surface area (Å²) in [5, 5.41) is 2.69. The molecule has 7 heteroatoms. The van der Waals surface area contributed by atoms with E-state index in [9.17, 15) is 0 Å². The third-order valence-corrected chi connectivity index (χ3v) is 0.894. The first-order valence-electron chi connectivity index (χ1n) is 2.67. The number of nitrogens with one attached hydrogen (secondary N) is 1. The average molecular weight is 221 g/mol. The van der Waals surface area contributed by atoms with Crippen molar-refractivity contribution in [2.75, 3.05) is 23.8 Å². The van der Waals surface area contributed by atoms with Crippen molar-refractivity contribution in [1.29, 1.82) is 0 Å². The van der Waals surface area contributed by atoms with Gasteiger partial charge in [-0.05, 0) is 0 Å². The Morgan fingerprint density at radius 3 is 1.91 bits per heavy atom. The van der Waals surface area contributed by atoms with Crippen LogP contribution in [0.4, 0.5) is 17.8 Å². The predicted octanol–water partition coefficient (Wildman–Crippen LogP) is -0.344. The number of nitrogen functional groups attached to an aromatic ring is 2. The molecule has 0 atom stereocenters. The maximum Gasteiger partial charge on any atom is 0.229 e. The van der Waals surface area contributed by atoms with Crippen molar-refractivity contribution in [2.45, 2.75) is 0 Å². The number of hydrogen-bond acceptors (Lipinski definition) is 6. The van der Waals surface area contributed by atoms with Crippen LogP contribution in [0.5, 0.6) is 0 Å². The van der Waals surface area contributed by atoms with Gasteiger partial charge in [0.25, 0.3) is 0 Å². The van der Waals surface area contributed by atoms with Crippen molar-refractivity contribution in [3.05, 3.63) is 0 Å². The van der Waals surface area contributed by atoms with Crippen molar-refractivity contribution >= 4 is 34.8 Å². The number of nitrogens with zero attached hydrogens (tertiary/aromatic N) is 3. The molecule has 0 unspecified atom stereocenters. The number of hydrogen-bond donors (Lipinski definition) is 3. The van der Waals surface area contributed by atoms with Crippen LogP contribution in [0.25, 0.3) is 0 Å². The number of aromatic nitrogens is 3. The fourth-order valence-corrected chi connectivity index (χ4v) is 0.521. The first-order valence-corrected chi connectivity index (χ1v) is 2.67. The molecule has 1 heterocycles. The molecule has 1 rings (SSSR count). The van der Waals surface area contributed by atoms with E-state index < -0.39 is 0 Å². The van der Waals surface area contributed by atoms with Gasteiger partial charge < -0.3 is 16.8 Å². The molecule has 0 aliphatic carbocycles. The highest BCUT2D eigenvalue weighted by atomic mass is 79.9. The summed E-state index contributed by atoms with van der Waals surface area (Å²) in [4.78, 5) is 11.0. The molecule has 62 valence electrons. The molecule has 0 aliphatic heterocycles. The van der Waals surface area contributed by atoms with Crippen LogP contribution >= 0.6 is 17.0 Å². The number of rotatable bonds is 1. The monoisotopic (exact) mass is 220 g/mol. The molecule has 6 nitrogen and oxygen atoms in total. The van der Waals surface area contributed by atoms with E-state index in [4.69, 9.17) is 11.5 Å². The molecule has 0 spiro atoms. The molecule has 0 fully saturated rings. The highest BCUT2D eigenvalue weighted by Gasteiger charge is 1.96. The second kappa shape index (κ2) is 3.91. The molecule has 0 amide bonds. The molecule has 0 aromatic carbocycles. The second-order valence-electron chi connectivity index (χ2n) is 1.63. The molecule has 0 radical (unpaired) electrons. The maximum absolute atomic E-state index is 5.25. The minimum absolute atomic E-state index is 0. The first kappa shape index (κ1) is 9.89. The summed E-state index contributed by atoms with van der Waals surface area (Å²) in [6.07, 6.45) is 0. The van der Waals surface area contributed by atoms with Crippen LogP contribution in [0.3, 0.4) is 0 Å². The summed E-state index contributed by atoms with van der Waals surface area (Å²) in [6, 6.07) is 0. The Balaban J connectivity index is 0.000001000. The number of anilines is 3. The zero-order valence-corrected chi connectivity index (χ0v) is 7.62. The summed E-state index contributed by atoms with van der Waals surface area (Å²) in [7, 11) is 1.67. The molecule has 5 N–H and O–H groups in total. The van der Waals surface area contributed by atoms with Gasteiger partial charge in [-0.2, -0.15) is 15.0 Å². The number of halogens is 1. The molecule has 1 aromatic rings. The third-order valence-electron chi connectivity index (χ3n) is 0.894. The Morgan fingerprint density at radius 2 is 1.55 bits per heavy atom. The molecule has 0 aliphatic rings. The zero-order chi connectivity index (χ0) is 7.56. The molecular formula is C4H9BrN6. The van der Waals surface area contributed by atoms with Crippen LogP contribution < -0.4 is 16.8 Å². The first-order chi connectivity index (χ1) is 4.72. The van der Waals surface area contributed by atoms with Crippen molar-refractivity contribution in [1.82, 2.24) is 15.0 Å². The SMILES string of the molecule is Br.CNc1nc(N)nc(N)n1. The maximum atomic E-state index is 5.25. The molecule has 0 bridgehead atoms. The van der Waals surface area contributed by atoms with Crippen LogP contribution in [-0.2, 0) is 0 Å². The van der Waals surface area contributed by atoms with Gasteiger partial charge >= 0.3 is 0 Å². The van der Waals surface area contributed by atoms with Gasteiger partial charge in [0, 0.05) is 7.05 Å². The summed E-state index contributed by atoms with van der Waals surface area (Å²) in [5.41, 5.74) is 10.5. The molecular weight excluding hydrogens is 212 g/mol. The third kappa shape index (κ3) is 2.54. The van der Waals surface area contributed by atoms with Crippen LogP contribution in [0.15, 0.2) is 0 Å². The van der Waals surface area contributed by atoms with Gasteiger partial charge in [-0.15, -0.1) is 17.0 Å². The Bertz CT molecular complexity index is 218. The second-order valence-corrected chi connectivity index (χ2v) is 1.63. The fraction of sp³-hybridized carbons (Fsp3) is 0.250. The lowest BCUT2D eigenvalue weighted by Crippen LogP contribution is -2.06. The zero-order valence-electron chi connectivity index (χ0n) is 5.90. The molecule has 0 saturated carbocycles. The van der Waals surface area contributed by atoms with Crippen molar-refractivity contribution in [3.8, 4) is 0 Å². The van der Waals surface area contributed by atoms with Crippen molar-refractivity contribution < 1.29 is 0 Å².